The highest BCUT2D eigenvalue weighted by atomic mass is 19.3. The minimum atomic E-state index is -2.84. The van der Waals surface area contributed by atoms with Crippen molar-refractivity contribution in [2.75, 3.05) is 20.1 Å². The molecule has 21 heavy (non-hydrogen) atoms. The molecular weight excluding hydrogens is 280 g/mol. The van der Waals surface area contributed by atoms with Crippen LogP contribution in [0.25, 0.3) is 0 Å². The Kier molecular flexibility index (Phi) is 5.13. The lowest BCUT2D eigenvalue weighted by atomic mass is 9.94. The van der Waals surface area contributed by atoms with Gasteiger partial charge in [-0.25, -0.2) is 8.78 Å². The Morgan fingerprint density at radius 2 is 1.95 bits per heavy atom. The van der Waals surface area contributed by atoms with Crippen molar-refractivity contribution in [1.29, 1.82) is 0 Å². The second-order valence-electron chi connectivity index (χ2n) is 6.01. The second kappa shape index (κ2) is 6.68. The molecule has 2 rings (SSSR count). The van der Waals surface area contributed by atoms with Crippen LogP contribution in [0.4, 0.5) is 8.78 Å². The number of hydrogen-bond donors (Lipinski definition) is 2. The van der Waals surface area contributed by atoms with Crippen molar-refractivity contribution >= 4 is 11.8 Å². The van der Waals surface area contributed by atoms with Crippen molar-refractivity contribution in [1.82, 2.24) is 15.5 Å². The molecule has 2 fully saturated rings. The van der Waals surface area contributed by atoms with Gasteiger partial charge in [0.25, 0.3) is 5.92 Å². The van der Waals surface area contributed by atoms with E-state index >= 15 is 0 Å². The Labute approximate surface area is 123 Å². The maximum absolute atomic E-state index is 13.0. The summed E-state index contributed by atoms with van der Waals surface area (Å²) in [6.45, 7) is -0.614. The Morgan fingerprint density at radius 1 is 1.29 bits per heavy atom. The summed E-state index contributed by atoms with van der Waals surface area (Å²) < 4.78 is 26.0. The molecule has 2 aliphatic rings. The van der Waals surface area contributed by atoms with Crippen LogP contribution in [0.1, 0.15) is 38.5 Å². The molecule has 0 radical (unpaired) electrons. The predicted octanol–water partition coefficient (Wildman–Crippen LogP) is 0.891. The van der Waals surface area contributed by atoms with Crippen molar-refractivity contribution in [2.24, 2.45) is 0 Å². The highest BCUT2D eigenvalue weighted by Crippen LogP contribution is 2.25. The summed E-state index contributed by atoms with van der Waals surface area (Å²) in [4.78, 5) is 25.5. The molecule has 0 aromatic heterocycles. The fourth-order valence-electron chi connectivity index (χ4n) is 2.98. The van der Waals surface area contributed by atoms with E-state index in [1.807, 2.05) is 0 Å². The molecule has 0 aromatic rings. The standard InChI is InChI=1S/C14H23F2N3O2/c1-19(10-5-3-2-4-6-10)12(20)8-17-13(21)11-7-14(15,16)9-18-11/h10-11,18H,2-9H2,1H3,(H,17,21). The number of rotatable bonds is 4. The number of carbonyl (C=O) groups excluding carboxylic acids is 2. The zero-order valence-corrected chi connectivity index (χ0v) is 12.3. The van der Waals surface area contributed by atoms with Gasteiger partial charge in [-0.3, -0.25) is 14.9 Å². The smallest absolute Gasteiger partial charge is 0.262 e. The van der Waals surface area contributed by atoms with E-state index in [4.69, 9.17) is 0 Å². The number of amides is 2. The van der Waals surface area contributed by atoms with Crippen molar-refractivity contribution in [3.8, 4) is 0 Å². The molecule has 0 bridgehead atoms. The largest absolute Gasteiger partial charge is 0.346 e. The van der Waals surface area contributed by atoms with Crippen LogP contribution in [0.15, 0.2) is 0 Å². The Bertz CT molecular complexity index is 398. The quantitative estimate of drug-likeness (QED) is 0.811. The third-order valence-corrected chi connectivity index (χ3v) is 4.36. The van der Waals surface area contributed by atoms with E-state index in [9.17, 15) is 18.4 Å². The summed E-state index contributed by atoms with van der Waals surface area (Å²) >= 11 is 0. The van der Waals surface area contributed by atoms with E-state index in [1.165, 1.54) is 6.42 Å². The third kappa shape index (κ3) is 4.36. The Morgan fingerprint density at radius 3 is 2.52 bits per heavy atom. The highest BCUT2D eigenvalue weighted by molar-refractivity contribution is 5.87. The third-order valence-electron chi connectivity index (χ3n) is 4.36. The first kappa shape index (κ1) is 16.1. The molecule has 1 atom stereocenters. The average molecular weight is 303 g/mol. The molecule has 1 saturated heterocycles. The molecule has 2 amide bonds. The predicted molar refractivity (Wildman–Crippen MR) is 74.0 cm³/mol. The number of hydrogen-bond acceptors (Lipinski definition) is 3. The lowest BCUT2D eigenvalue weighted by molar-refractivity contribution is -0.134. The van der Waals surface area contributed by atoms with E-state index in [2.05, 4.69) is 10.6 Å². The van der Waals surface area contributed by atoms with Gasteiger partial charge >= 0.3 is 0 Å². The molecule has 1 heterocycles. The lowest BCUT2D eigenvalue weighted by Gasteiger charge is -2.31. The zero-order chi connectivity index (χ0) is 15.5. The van der Waals surface area contributed by atoms with E-state index in [1.54, 1.807) is 11.9 Å². The van der Waals surface area contributed by atoms with Gasteiger partial charge in [-0.1, -0.05) is 19.3 Å². The van der Waals surface area contributed by atoms with Gasteiger partial charge in [0.1, 0.15) is 0 Å². The van der Waals surface area contributed by atoms with Crippen molar-refractivity contribution in [3.05, 3.63) is 0 Å². The van der Waals surface area contributed by atoms with Crippen LogP contribution < -0.4 is 10.6 Å². The summed E-state index contributed by atoms with van der Waals surface area (Å²) in [7, 11) is 1.74. The fourth-order valence-corrected chi connectivity index (χ4v) is 2.98. The SMILES string of the molecule is CN(C(=O)CNC(=O)C1CC(F)(F)CN1)C1CCCCC1. The maximum atomic E-state index is 13.0. The Hall–Kier alpha value is -1.24. The van der Waals surface area contributed by atoms with E-state index in [-0.39, 0.29) is 18.5 Å². The molecule has 1 aliphatic heterocycles. The first-order chi connectivity index (χ1) is 9.89. The number of alkyl halides is 2. The van der Waals surface area contributed by atoms with Crippen molar-refractivity contribution < 1.29 is 18.4 Å². The van der Waals surface area contributed by atoms with E-state index in [0.717, 1.165) is 25.7 Å². The van der Waals surface area contributed by atoms with Gasteiger partial charge in [0.05, 0.1) is 19.1 Å². The lowest BCUT2D eigenvalue weighted by Crippen LogP contribution is -2.47. The number of nitrogens with zero attached hydrogens (tertiary/aromatic N) is 1. The Balaban J connectivity index is 1.74. The number of halogens is 2. The number of carbonyl (C=O) groups is 2. The maximum Gasteiger partial charge on any atom is 0.262 e. The van der Waals surface area contributed by atoms with Crippen LogP contribution >= 0.6 is 0 Å². The molecule has 7 heteroatoms. The molecule has 5 nitrogen and oxygen atoms in total. The number of nitrogens with one attached hydrogen (secondary N) is 2. The van der Waals surface area contributed by atoms with Crippen LogP contribution in [0.5, 0.6) is 0 Å². The van der Waals surface area contributed by atoms with Gasteiger partial charge < -0.3 is 10.2 Å². The minimum absolute atomic E-state index is 0.129. The van der Waals surface area contributed by atoms with Crippen LogP contribution in [-0.2, 0) is 9.59 Å². The summed E-state index contributed by atoms with van der Waals surface area (Å²) in [5.41, 5.74) is 0. The summed E-state index contributed by atoms with van der Waals surface area (Å²) in [6.07, 6.45) is 4.92. The van der Waals surface area contributed by atoms with Crippen LogP contribution in [0, 0.1) is 0 Å². The molecule has 2 N–H and O–H groups in total. The summed E-state index contributed by atoms with van der Waals surface area (Å²) in [5.74, 6) is -3.54. The van der Waals surface area contributed by atoms with Crippen LogP contribution in [0.2, 0.25) is 0 Å². The zero-order valence-electron chi connectivity index (χ0n) is 12.3. The van der Waals surface area contributed by atoms with E-state index < -0.39 is 30.8 Å². The average Bonchev–Trinajstić information content (AvgIpc) is 2.84. The molecular formula is C14H23F2N3O2. The minimum Gasteiger partial charge on any atom is -0.346 e. The molecule has 0 spiro atoms. The van der Waals surface area contributed by atoms with Crippen LogP contribution in [0.3, 0.4) is 0 Å². The molecule has 120 valence electrons. The summed E-state index contributed by atoms with van der Waals surface area (Å²) in [6, 6.07) is -0.676. The normalized spacial score (nSPS) is 25.6. The summed E-state index contributed by atoms with van der Waals surface area (Å²) in [5, 5.41) is 4.93. The molecule has 1 saturated carbocycles. The monoisotopic (exact) mass is 303 g/mol. The first-order valence-electron chi connectivity index (χ1n) is 7.54. The highest BCUT2D eigenvalue weighted by Gasteiger charge is 2.42. The van der Waals surface area contributed by atoms with Gasteiger partial charge in [-0.15, -0.1) is 0 Å². The van der Waals surface area contributed by atoms with Gasteiger partial charge in [0.2, 0.25) is 11.8 Å². The van der Waals surface area contributed by atoms with E-state index in [0.29, 0.717) is 0 Å². The van der Waals surface area contributed by atoms with Crippen molar-refractivity contribution in [2.45, 2.75) is 56.5 Å². The van der Waals surface area contributed by atoms with Gasteiger partial charge in [0, 0.05) is 19.5 Å². The number of likely N-dealkylation sites (N-methyl/N-ethyl adjacent to an activating group) is 1. The van der Waals surface area contributed by atoms with Gasteiger partial charge in [0.15, 0.2) is 0 Å². The first-order valence-corrected chi connectivity index (χ1v) is 7.54. The topological polar surface area (TPSA) is 61.4 Å². The van der Waals surface area contributed by atoms with Crippen molar-refractivity contribution in [3.63, 3.8) is 0 Å². The van der Waals surface area contributed by atoms with Gasteiger partial charge in [-0.2, -0.15) is 0 Å². The molecule has 1 unspecified atom stereocenters. The van der Waals surface area contributed by atoms with Crippen LogP contribution in [-0.4, -0.2) is 54.9 Å². The second-order valence-corrected chi connectivity index (χ2v) is 6.01. The molecule has 0 aromatic carbocycles. The molecule has 1 aliphatic carbocycles. The van der Waals surface area contributed by atoms with Gasteiger partial charge in [-0.05, 0) is 12.8 Å². The fraction of sp³-hybridized carbons (Fsp3) is 0.857.